The van der Waals surface area contributed by atoms with E-state index in [4.69, 9.17) is 0 Å². The van der Waals surface area contributed by atoms with Crippen LogP contribution in [0.3, 0.4) is 0 Å². The Morgan fingerprint density at radius 3 is 3.00 bits per heavy atom. The van der Waals surface area contributed by atoms with E-state index in [1.54, 1.807) is 0 Å². The molecule has 0 radical (unpaired) electrons. The van der Waals surface area contributed by atoms with E-state index in [1.165, 1.54) is 22.0 Å². The summed E-state index contributed by atoms with van der Waals surface area (Å²) in [4.78, 5) is 4.45. The lowest BCUT2D eigenvalue weighted by Gasteiger charge is -2.06. The van der Waals surface area contributed by atoms with Crippen molar-refractivity contribution in [3.05, 3.63) is 35.5 Å². The zero-order valence-corrected chi connectivity index (χ0v) is 10.3. The normalized spacial score (nSPS) is 15.1. The van der Waals surface area contributed by atoms with E-state index in [9.17, 15) is 0 Å². The number of rotatable bonds is 2. The van der Waals surface area contributed by atoms with E-state index >= 15 is 0 Å². The van der Waals surface area contributed by atoms with E-state index in [0.29, 0.717) is 0 Å². The zero-order chi connectivity index (χ0) is 11.8. The Bertz CT molecular complexity index is 593. The number of benzene rings is 1. The van der Waals surface area contributed by atoms with Crippen molar-refractivity contribution in [1.29, 1.82) is 0 Å². The summed E-state index contributed by atoms with van der Waals surface area (Å²) in [6.45, 7) is 7.04. The molecule has 0 unspecified atom stereocenters. The molecule has 0 fully saturated rings. The molecule has 2 aromatic rings. The van der Waals surface area contributed by atoms with Crippen molar-refractivity contribution in [2.45, 2.75) is 20.4 Å². The second-order valence-corrected chi connectivity index (χ2v) is 4.72. The molecule has 3 heteroatoms. The molecule has 0 amide bonds. The third-order valence-electron chi connectivity index (χ3n) is 3.30. The second kappa shape index (κ2) is 3.91. The van der Waals surface area contributed by atoms with Crippen molar-refractivity contribution in [3.8, 4) is 0 Å². The smallest absolute Gasteiger partial charge is 0.117 e. The number of amidine groups is 1. The standard InChI is InChI=1S/C14H17N3/c1-10-3-4-12-11(2)8-17(13(12)7-10)9-14-15-5-6-16-14/h3-4,7-8H,5-6,9H2,1-2H3,(H,15,16). The fraction of sp³-hybridized carbons (Fsp3) is 0.357. The molecule has 0 aliphatic carbocycles. The van der Waals surface area contributed by atoms with Gasteiger partial charge in [0.15, 0.2) is 0 Å². The molecule has 0 saturated heterocycles. The van der Waals surface area contributed by atoms with E-state index in [2.05, 4.69) is 53.1 Å². The van der Waals surface area contributed by atoms with Crippen molar-refractivity contribution in [1.82, 2.24) is 9.88 Å². The van der Waals surface area contributed by atoms with Crippen LogP contribution in [-0.2, 0) is 6.54 Å². The van der Waals surface area contributed by atoms with Gasteiger partial charge in [-0.25, -0.2) is 0 Å². The highest BCUT2D eigenvalue weighted by Gasteiger charge is 2.09. The first-order valence-corrected chi connectivity index (χ1v) is 6.07. The van der Waals surface area contributed by atoms with Gasteiger partial charge in [0.1, 0.15) is 5.84 Å². The summed E-state index contributed by atoms with van der Waals surface area (Å²) in [6, 6.07) is 6.63. The van der Waals surface area contributed by atoms with Crippen LogP contribution in [0.5, 0.6) is 0 Å². The van der Waals surface area contributed by atoms with Gasteiger partial charge in [-0.05, 0) is 31.0 Å². The van der Waals surface area contributed by atoms with Crippen molar-refractivity contribution in [2.24, 2.45) is 4.99 Å². The Balaban J connectivity index is 2.06. The molecule has 0 atom stereocenters. The SMILES string of the molecule is Cc1ccc2c(C)cn(CC3=NCCN3)c2c1. The lowest BCUT2D eigenvalue weighted by Crippen LogP contribution is -2.23. The van der Waals surface area contributed by atoms with E-state index in [0.717, 1.165) is 25.5 Å². The highest BCUT2D eigenvalue weighted by atomic mass is 15.1. The highest BCUT2D eigenvalue weighted by Crippen LogP contribution is 2.22. The van der Waals surface area contributed by atoms with Crippen LogP contribution in [0, 0.1) is 13.8 Å². The summed E-state index contributed by atoms with van der Waals surface area (Å²) in [5.41, 5.74) is 3.94. The predicted octanol–water partition coefficient (Wildman–Crippen LogP) is 2.26. The van der Waals surface area contributed by atoms with Crippen molar-refractivity contribution < 1.29 is 0 Å². The first-order valence-electron chi connectivity index (χ1n) is 6.07. The molecule has 0 bridgehead atoms. The van der Waals surface area contributed by atoms with Crippen LogP contribution in [0.25, 0.3) is 10.9 Å². The summed E-state index contributed by atoms with van der Waals surface area (Å²) in [7, 11) is 0. The second-order valence-electron chi connectivity index (χ2n) is 4.72. The quantitative estimate of drug-likeness (QED) is 0.837. The topological polar surface area (TPSA) is 29.3 Å². The van der Waals surface area contributed by atoms with E-state index < -0.39 is 0 Å². The molecule has 88 valence electrons. The molecule has 1 aromatic carbocycles. The number of fused-ring (bicyclic) bond motifs is 1. The summed E-state index contributed by atoms with van der Waals surface area (Å²) >= 11 is 0. The molecule has 0 saturated carbocycles. The molecule has 3 nitrogen and oxygen atoms in total. The number of aliphatic imine (C=N–C) groups is 1. The van der Waals surface area contributed by atoms with Crippen LogP contribution in [0.1, 0.15) is 11.1 Å². The third kappa shape index (κ3) is 1.82. The predicted molar refractivity (Wildman–Crippen MR) is 71.7 cm³/mol. The fourth-order valence-corrected chi connectivity index (χ4v) is 2.43. The first-order chi connectivity index (χ1) is 8.24. The molecule has 3 rings (SSSR count). The van der Waals surface area contributed by atoms with Gasteiger partial charge < -0.3 is 9.88 Å². The van der Waals surface area contributed by atoms with Crippen molar-refractivity contribution >= 4 is 16.7 Å². The lowest BCUT2D eigenvalue weighted by atomic mass is 10.1. The van der Waals surface area contributed by atoms with Crippen LogP contribution in [0.15, 0.2) is 29.4 Å². The maximum atomic E-state index is 4.45. The molecule has 1 aromatic heterocycles. The largest absolute Gasteiger partial charge is 0.370 e. The van der Waals surface area contributed by atoms with Crippen molar-refractivity contribution in [2.75, 3.05) is 13.1 Å². The molecular formula is C14H17N3. The molecule has 0 spiro atoms. The lowest BCUT2D eigenvalue weighted by molar-refractivity contribution is 0.860. The molecule has 2 heterocycles. The summed E-state index contributed by atoms with van der Waals surface area (Å²) in [5.74, 6) is 1.10. The number of nitrogens with zero attached hydrogens (tertiary/aromatic N) is 2. The molecular weight excluding hydrogens is 210 g/mol. The summed E-state index contributed by atoms with van der Waals surface area (Å²) < 4.78 is 2.29. The monoisotopic (exact) mass is 227 g/mol. The molecule has 17 heavy (non-hydrogen) atoms. The number of aryl methyl sites for hydroxylation is 2. The minimum absolute atomic E-state index is 0.855. The van der Waals surface area contributed by atoms with Gasteiger partial charge in [0.25, 0.3) is 0 Å². The molecule has 1 aliphatic heterocycles. The average molecular weight is 227 g/mol. The third-order valence-corrected chi connectivity index (χ3v) is 3.30. The van der Waals surface area contributed by atoms with Gasteiger partial charge in [0.05, 0.1) is 13.1 Å². The minimum Gasteiger partial charge on any atom is -0.370 e. The molecule has 1 aliphatic rings. The van der Waals surface area contributed by atoms with Crippen LogP contribution in [-0.4, -0.2) is 23.5 Å². The van der Waals surface area contributed by atoms with Gasteiger partial charge in [0.2, 0.25) is 0 Å². The van der Waals surface area contributed by atoms with Crippen LogP contribution in [0.2, 0.25) is 0 Å². The number of hydrogen-bond donors (Lipinski definition) is 1. The Hall–Kier alpha value is -1.77. The highest BCUT2D eigenvalue weighted by molar-refractivity contribution is 5.88. The van der Waals surface area contributed by atoms with Crippen LogP contribution < -0.4 is 5.32 Å². The maximum absolute atomic E-state index is 4.45. The van der Waals surface area contributed by atoms with Crippen LogP contribution in [0.4, 0.5) is 0 Å². The van der Waals surface area contributed by atoms with Gasteiger partial charge in [0, 0.05) is 23.6 Å². The van der Waals surface area contributed by atoms with Gasteiger partial charge in [-0.1, -0.05) is 12.1 Å². The summed E-state index contributed by atoms with van der Waals surface area (Å²) in [6.07, 6.45) is 2.21. The zero-order valence-electron chi connectivity index (χ0n) is 10.3. The summed E-state index contributed by atoms with van der Waals surface area (Å²) in [5, 5.41) is 4.66. The number of aromatic nitrogens is 1. The fourth-order valence-electron chi connectivity index (χ4n) is 2.43. The van der Waals surface area contributed by atoms with Gasteiger partial charge in [-0.2, -0.15) is 0 Å². The van der Waals surface area contributed by atoms with Gasteiger partial charge in [-0.3, -0.25) is 4.99 Å². The molecule has 1 N–H and O–H groups in total. The minimum atomic E-state index is 0.855. The van der Waals surface area contributed by atoms with Crippen LogP contribution >= 0.6 is 0 Å². The van der Waals surface area contributed by atoms with E-state index in [1.807, 2.05) is 0 Å². The van der Waals surface area contributed by atoms with Gasteiger partial charge in [-0.15, -0.1) is 0 Å². The van der Waals surface area contributed by atoms with Crippen molar-refractivity contribution in [3.63, 3.8) is 0 Å². The number of nitrogens with one attached hydrogen (secondary N) is 1. The average Bonchev–Trinajstić information content (AvgIpc) is 2.89. The Kier molecular flexibility index (Phi) is 2.39. The number of hydrogen-bond acceptors (Lipinski definition) is 2. The first kappa shape index (κ1) is 10.4. The Labute approximate surface area is 101 Å². The Morgan fingerprint density at radius 1 is 1.35 bits per heavy atom. The van der Waals surface area contributed by atoms with E-state index in [-0.39, 0.29) is 0 Å². The van der Waals surface area contributed by atoms with Gasteiger partial charge >= 0.3 is 0 Å². The maximum Gasteiger partial charge on any atom is 0.117 e. The Morgan fingerprint density at radius 2 is 2.24 bits per heavy atom.